The maximum Gasteiger partial charge on any atom is 0.290 e. The molecule has 1 aromatic heterocycles. The van der Waals surface area contributed by atoms with E-state index in [4.69, 9.17) is 13.9 Å². The van der Waals surface area contributed by atoms with E-state index in [1.165, 1.54) is 0 Å². The molecule has 124 valence electrons. The van der Waals surface area contributed by atoms with E-state index in [-0.39, 0.29) is 11.9 Å². The SMILES string of the molecule is CCOC[C@@H]1CCCN1C(=O)c1oc2cc(OC)ccc2c1C. The van der Waals surface area contributed by atoms with E-state index < -0.39 is 0 Å². The fourth-order valence-corrected chi connectivity index (χ4v) is 3.20. The number of fused-ring (bicyclic) bond motifs is 1. The molecule has 3 rings (SSSR count). The van der Waals surface area contributed by atoms with E-state index in [1.54, 1.807) is 7.11 Å². The molecule has 5 nitrogen and oxygen atoms in total. The van der Waals surface area contributed by atoms with Gasteiger partial charge in [-0.05, 0) is 38.8 Å². The van der Waals surface area contributed by atoms with Crippen molar-refractivity contribution in [2.24, 2.45) is 0 Å². The predicted molar refractivity (Wildman–Crippen MR) is 88.1 cm³/mol. The number of carbonyl (C=O) groups excluding carboxylic acids is 1. The summed E-state index contributed by atoms with van der Waals surface area (Å²) < 4.78 is 16.6. The summed E-state index contributed by atoms with van der Waals surface area (Å²) >= 11 is 0. The normalized spacial score (nSPS) is 17.9. The zero-order valence-corrected chi connectivity index (χ0v) is 13.9. The summed E-state index contributed by atoms with van der Waals surface area (Å²) in [7, 11) is 1.62. The Hall–Kier alpha value is -2.01. The van der Waals surface area contributed by atoms with E-state index in [0.717, 1.165) is 36.1 Å². The third-order valence-electron chi connectivity index (χ3n) is 4.49. The summed E-state index contributed by atoms with van der Waals surface area (Å²) in [6.45, 7) is 5.92. The number of likely N-dealkylation sites (tertiary alicyclic amines) is 1. The zero-order valence-electron chi connectivity index (χ0n) is 13.9. The monoisotopic (exact) mass is 317 g/mol. The molecule has 0 N–H and O–H groups in total. The first-order chi connectivity index (χ1) is 11.2. The molecule has 1 amide bonds. The van der Waals surface area contributed by atoms with E-state index in [1.807, 2.05) is 36.9 Å². The van der Waals surface area contributed by atoms with Gasteiger partial charge in [-0.2, -0.15) is 0 Å². The smallest absolute Gasteiger partial charge is 0.290 e. The zero-order chi connectivity index (χ0) is 16.4. The van der Waals surface area contributed by atoms with Crippen LogP contribution in [0.1, 0.15) is 35.9 Å². The van der Waals surface area contributed by atoms with E-state index in [0.29, 0.717) is 24.6 Å². The molecule has 23 heavy (non-hydrogen) atoms. The number of methoxy groups -OCH3 is 1. The maximum atomic E-state index is 12.9. The molecule has 1 aliphatic rings. The van der Waals surface area contributed by atoms with Gasteiger partial charge in [-0.3, -0.25) is 4.79 Å². The predicted octanol–water partition coefficient (Wildman–Crippen LogP) is 3.39. The van der Waals surface area contributed by atoms with Crippen molar-refractivity contribution in [3.05, 3.63) is 29.5 Å². The Morgan fingerprint density at radius 2 is 2.26 bits per heavy atom. The fourth-order valence-electron chi connectivity index (χ4n) is 3.20. The second kappa shape index (κ2) is 6.62. The number of benzene rings is 1. The molecule has 2 heterocycles. The van der Waals surface area contributed by atoms with Gasteiger partial charge >= 0.3 is 0 Å². The minimum Gasteiger partial charge on any atom is -0.497 e. The van der Waals surface area contributed by atoms with Gasteiger partial charge in [0.2, 0.25) is 0 Å². The number of amides is 1. The molecule has 1 saturated heterocycles. The highest BCUT2D eigenvalue weighted by Crippen LogP contribution is 2.31. The molecule has 0 spiro atoms. The van der Waals surface area contributed by atoms with Gasteiger partial charge in [-0.25, -0.2) is 0 Å². The first kappa shape index (κ1) is 15.9. The van der Waals surface area contributed by atoms with Gasteiger partial charge in [0.25, 0.3) is 5.91 Å². The van der Waals surface area contributed by atoms with E-state index in [9.17, 15) is 4.79 Å². The lowest BCUT2D eigenvalue weighted by Gasteiger charge is -2.23. The summed E-state index contributed by atoms with van der Waals surface area (Å²) in [5.74, 6) is 1.11. The average molecular weight is 317 g/mol. The molecule has 0 bridgehead atoms. The van der Waals surface area contributed by atoms with Gasteiger partial charge in [-0.1, -0.05) is 0 Å². The Morgan fingerprint density at radius 3 is 3.00 bits per heavy atom. The number of rotatable bonds is 5. The van der Waals surface area contributed by atoms with Crippen LogP contribution in [-0.4, -0.2) is 43.7 Å². The van der Waals surface area contributed by atoms with Crippen LogP contribution in [0, 0.1) is 6.92 Å². The molecule has 1 atom stereocenters. The van der Waals surface area contributed by atoms with Crippen molar-refractivity contribution < 1.29 is 18.7 Å². The number of hydrogen-bond acceptors (Lipinski definition) is 4. The number of nitrogens with zero attached hydrogens (tertiary/aromatic N) is 1. The van der Waals surface area contributed by atoms with Crippen LogP contribution in [-0.2, 0) is 4.74 Å². The van der Waals surface area contributed by atoms with Crippen LogP contribution in [0.3, 0.4) is 0 Å². The van der Waals surface area contributed by atoms with Crippen LogP contribution in [0.25, 0.3) is 11.0 Å². The molecule has 0 aliphatic carbocycles. The lowest BCUT2D eigenvalue weighted by molar-refractivity contribution is 0.0539. The van der Waals surface area contributed by atoms with E-state index >= 15 is 0 Å². The van der Waals surface area contributed by atoms with Crippen LogP contribution >= 0.6 is 0 Å². The molecule has 0 radical (unpaired) electrons. The second-order valence-corrected chi connectivity index (χ2v) is 5.87. The fraction of sp³-hybridized carbons (Fsp3) is 0.500. The molecule has 1 aromatic carbocycles. The minimum absolute atomic E-state index is 0.0418. The Morgan fingerprint density at radius 1 is 1.43 bits per heavy atom. The molecule has 0 unspecified atom stereocenters. The van der Waals surface area contributed by atoms with Crippen LogP contribution in [0.5, 0.6) is 5.75 Å². The van der Waals surface area contributed by atoms with Gasteiger partial charge in [0.15, 0.2) is 5.76 Å². The summed E-state index contributed by atoms with van der Waals surface area (Å²) in [4.78, 5) is 14.8. The molecule has 1 aliphatic heterocycles. The Labute approximate surface area is 136 Å². The highest BCUT2D eigenvalue weighted by molar-refractivity contribution is 5.99. The van der Waals surface area contributed by atoms with Crippen molar-refractivity contribution in [2.45, 2.75) is 32.7 Å². The van der Waals surface area contributed by atoms with Gasteiger partial charge in [-0.15, -0.1) is 0 Å². The quantitative estimate of drug-likeness (QED) is 0.848. The number of aryl methyl sites for hydroxylation is 1. The minimum atomic E-state index is -0.0418. The number of hydrogen-bond donors (Lipinski definition) is 0. The van der Waals surface area contributed by atoms with Crippen molar-refractivity contribution in [3.8, 4) is 5.75 Å². The Bertz CT molecular complexity index is 706. The topological polar surface area (TPSA) is 51.9 Å². The summed E-state index contributed by atoms with van der Waals surface area (Å²) in [6.07, 6.45) is 2.00. The Balaban J connectivity index is 1.89. The largest absolute Gasteiger partial charge is 0.497 e. The summed E-state index contributed by atoms with van der Waals surface area (Å²) in [5.41, 5.74) is 1.57. The summed E-state index contributed by atoms with van der Waals surface area (Å²) in [5, 5.41) is 0.953. The molecule has 0 saturated carbocycles. The number of carbonyl (C=O) groups is 1. The van der Waals surface area contributed by atoms with Crippen molar-refractivity contribution in [2.75, 3.05) is 26.9 Å². The highest BCUT2D eigenvalue weighted by atomic mass is 16.5. The molecule has 5 heteroatoms. The maximum absolute atomic E-state index is 12.9. The van der Waals surface area contributed by atoms with Crippen molar-refractivity contribution >= 4 is 16.9 Å². The van der Waals surface area contributed by atoms with Crippen LogP contribution in [0.4, 0.5) is 0 Å². The third-order valence-corrected chi connectivity index (χ3v) is 4.49. The molecule has 2 aromatic rings. The van der Waals surface area contributed by atoms with Crippen LogP contribution < -0.4 is 4.74 Å². The lowest BCUT2D eigenvalue weighted by atomic mass is 10.1. The van der Waals surface area contributed by atoms with Crippen molar-refractivity contribution in [1.82, 2.24) is 4.90 Å². The van der Waals surface area contributed by atoms with Gasteiger partial charge in [0.05, 0.1) is 19.8 Å². The first-order valence-corrected chi connectivity index (χ1v) is 8.11. The molecule has 1 fully saturated rings. The van der Waals surface area contributed by atoms with Crippen LogP contribution in [0.15, 0.2) is 22.6 Å². The molecular weight excluding hydrogens is 294 g/mol. The summed E-state index contributed by atoms with van der Waals surface area (Å²) in [6, 6.07) is 5.78. The standard InChI is InChI=1S/C18H23NO4/c1-4-22-11-13-6-5-9-19(13)18(20)17-12(2)15-8-7-14(21-3)10-16(15)23-17/h7-8,10,13H,4-6,9,11H2,1-3H3/t13-/m0/s1. The number of ether oxygens (including phenoxy) is 2. The van der Waals surface area contributed by atoms with Crippen molar-refractivity contribution in [3.63, 3.8) is 0 Å². The van der Waals surface area contributed by atoms with Gasteiger partial charge in [0, 0.05) is 30.2 Å². The third kappa shape index (κ3) is 2.93. The molecular formula is C18H23NO4. The van der Waals surface area contributed by atoms with E-state index in [2.05, 4.69) is 0 Å². The Kier molecular flexibility index (Phi) is 4.57. The average Bonchev–Trinajstić information content (AvgIpc) is 3.16. The number of furan rings is 1. The lowest BCUT2D eigenvalue weighted by Crippen LogP contribution is -2.38. The van der Waals surface area contributed by atoms with Crippen molar-refractivity contribution in [1.29, 1.82) is 0 Å². The first-order valence-electron chi connectivity index (χ1n) is 8.11. The highest BCUT2D eigenvalue weighted by Gasteiger charge is 2.32. The second-order valence-electron chi connectivity index (χ2n) is 5.87. The van der Waals surface area contributed by atoms with Gasteiger partial charge in [0.1, 0.15) is 11.3 Å². The van der Waals surface area contributed by atoms with Crippen LogP contribution in [0.2, 0.25) is 0 Å². The van der Waals surface area contributed by atoms with Gasteiger partial charge < -0.3 is 18.8 Å².